The van der Waals surface area contributed by atoms with Crippen molar-refractivity contribution in [2.45, 2.75) is 6.92 Å². The van der Waals surface area contributed by atoms with Crippen molar-refractivity contribution in [3.8, 4) is 0 Å². The molecule has 0 saturated heterocycles. The Hall–Kier alpha value is -1.55. The van der Waals surface area contributed by atoms with Crippen LogP contribution in [0.4, 0.5) is 21.5 Å². The molecule has 0 amide bonds. The van der Waals surface area contributed by atoms with Crippen LogP contribution in [0.3, 0.4) is 0 Å². The van der Waals surface area contributed by atoms with Crippen molar-refractivity contribution in [2.24, 2.45) is 0 Å². The molecule has 0 aromatic heterocycles. The minimum Gasteiger partial charge on any atom is -0.397 e. The first-order valence-electron chi connectivity index (χ1n) is 5.54. The van der Waals surface area contributed by atoms with Gasteiger partial charge in [0, 0.05) is 17.2 Å². The number of hydrogen-bond acceptors (Lipinski definition) is 2. The van der Waals surface area contributed by atoms with Gasteiger partial charge in [-0.1, -0.05) is 28.1 Å². The molecule has 0 bridgehead atoms. The number of benzene rings is 2. The second-order valence-corrected chi connectivity index (χ2v) is 5.08. The molecule has 2 rings (SSSR count). The van der Waals surface area contributed by atoms with E-state index in [0.29, 0.717) is 11.4 Å². The fraction of sp³-hybridized carbons (Fsp3) is 0.143. The van der Waals surface area contributed by atoms with Crippen LogP contribution in [0.25, 0.3) is 0 Å². The molecule has 2 aromatic rings. The molecule has 94 valence electrons. The highest BCUT2D eigenvalue weighted by molar-refractivity contribution is 9.10. The monoisotopic (exact) mass is 308 g/mol. The molecule has 0 aliphatic heterocycles. The maximum atomic E-state index is 13.9. The average molecular weight is 309 g/mol. The van der Waals surface area contributed by atoms with Crippen LogP contribution in [-0.2, 0) is 0 Å². The average Bonchev–Trinajstić information content (AvgIpc) is 2.32. The molecule has 0 heterocycles. The number of hydrogen-bond donors (Lipinski definition) is 1. The Bertz CT molecular complexity index is 564. The molecule has 0 aliphatic carbocycles. The molecule has 2 nitrogen and oxygen atoms in total. The topological polar surface area (TPSA) is 29.3 Å². The van der Waals surface area contributed by atoms with E-state index in [4.69, 9.17) is 5.73 Å². The van der Waals surface area contributed by atoms with Crippen molar-refractivity contribution < 1.29 is 4.39 Å². The van der Waals surface area contributed by atoms with Gasteiger partial charge >= 0.3 is 0 Å². The molecule has 0 aliphatic rings. The molecule has 0 radical (unpaired) electrons. The number of nitrogens with zero attached hydrogens (tertiary/aromatic N) is 1. The minimum atomic E-state index is -0.322. The third-order valence-electron chi connectivity index (χ3n) is 2.89. The summed E-state index contributed by atoms with van der Waals surface area (Å²) >= 11 is 3.42. The lowest BCUT2D eigenvalue weighted by Gasteiger charge is -2.23. The highest BCUT2D eigenvalue weighted by Gasteiger charge is 2.14. The zero-order valence-electron chi connectivity index (χ0n) is 10.2. The second kappa shape index (κ2) is 4.98. The molecule has 2 aromatic carbocycles. The number of anilines is 3. The maximum absolute atomic E-state index is 13.9. The Labute approximate surface area is 114 Å². The summed E-state index contributed by atoms with van der Waals surface area (Å²) in [6.07, 6.45) is 0. The lowest BCUT2D eigenvalue weighted by molar-refractivity contribution is 0.628. The van der Waals surface area contributed by atoms with Crippen LogP contribution in [0.1, 0.15) is 5.56 Å². The maximum Gasteiger partial charge on any atom is 0.148 e. The van der Waals surface area contributed by atoms with Crippen molar-refractivity contribution >= 4 is 33.0 Å². The fourth-order valence-corrected chi connectivity index (χ4v) is 2.30. The molecular weight excluding hydrogens is 295 g/mol. The van der Waals surface area contributed by atoms with Crippen LogP contribution in [0.2, 0.25) is 0 Å². The summed E-state index contributed by atoms with van der Waals surface area (Å²) < 4.78 is 14.8. The van der Waals surface area contributed by atoms with E-state index < -0.39 is 0 Å². The zero-order valence-corrected chi connectivity index (χ0v) is 11.8. The SMILES string of the molecule is Cc1ccc(Br)cc1N(C)c1c(N)cccc1F. The summed E-state index contributed by atoms with van der Waals surface area (Å²) in [5.74, 6) is -0.322. The van der Waals surface area contributed by atoms with E-state index in [1.54, 1.807) is 17.0 Å². The summed E-state index contributed by atoms with van der Waals surface area (Å²) in [6, 6.07) is 10.6. The van der Waals surface area contributed by atoms with Gasteiger partial charge in [0.25, 0.3) is 0 Å². The van der Waals surface area contributed by atoms with Crippen LogP contribution in [0.5, 0.6) is 0 Å². The number of para-hydroxylation sites is 1. The van der Waals surface area contributed by atoms with E-state index in [1.807, 2.05) is 32.2 Å². The Balaban J connectivity index is 2.54. The largest absolute Gasteiger partial charge is 0.397 e. The lowest BCUT2D eigenvalue weighted by atomic mass is 10.1. The summed E-state index contributed by atoms with van der Waals surface area (Å²) in [7, 11) is 1.81. The van der Waals surface area contributed by atoms with Gasteiger partial charge in [-0.15, -0.1) is 0 Å². The van der Waals surface area contributed by atoms with Crippen molar-refractivity contribution in [1.82, 2.24) is 0 Å². The van der Waals surface area contributed by atoms with E-state index in [1.165, 1.54) is 6.07 Å². The minimum absolute atomic E-state index is 0.322. The zero-order chi connectivity index (χ0) is 13.3. The van der Waals surface area contributed by atoms with Gasteiger partial charge < -0.3 is 10.6 Å². The molecule has 0 spiro atoms. The second-order valence-electron chi connectivity index (χ2n) is 4.17. The number of halogens is 2. The molecule has 0 saturated carbocycles. The number of nitrogen functional groups attached to an aromatic ring is 1. The summed E-state index contributed by atoms with van der Waals surface area (Å²) in [5, 5.41) is 0. The van der Waals surface area contributed by atoms with Crippen LogP contribution in [0.15, 0.2) is 40.9 Å². The molecule has 4 heteroatoms. The van der Waals surface area contributed by atoms with Crippen LogP contribution in [-0.4, -0.2) is 7.05 Å². The Morgan fingerprint density at radius 1 is 1.22 bits per heavy atom. The van der Waals surface area contributed by atoms with E-state index in [-0.39, 0.29) is 5.82 Å². The van der Waals surface area contributed by atoms with Gasteiger partial charge in [-0.3, -0.25) is 0 Å². The third kappa shape index (κ3) is 2.34. The standard InChI is InChI=1S/C14H14BrFN2/c1-9-6-7-10(15)8-13(9)18(2)14-11(16)4-3-5-12(14)17/h3-8H,17H2,1-2H3. The van der Waals surface area contributed by atoms with Gasteiger partial charge in [0.1, 0.15) is 11.5 Å². The lowest BCUT2D eigenvalue weighted by Crippen LogP contribution is -2.14. The predicted molar refractivity (Wildman–Crippen MR) is 77.8 cm³/mol. The van der Waals surface area contributed by atoms with Crippen molar-refractivity contribution in [3.05, 3.63) is 52.3 Å². The van der Waals surface area contributed by atoms with Gasteiger partial charge in [-0.2, -0.15) is 0 Å². The quantitative estimate of drug-likeness (QED) is 0.841. The van der Waals surface area contributed by atoms with Crippen molar-refractivity contribution in [3.63, 3.8) is 0 Å². The first kappa shape index (κ1) is 12.9. The van der Waals surface area contributed by atoms with Gasteiger partial charge in [-0.05, 0) is 36.8 Å². The summed E-state index contributed by atoms with van der Waals surface area (Å²) in [4.78, 5) is 1.77. The van der Waals surface area contributed by atoms with Crippen LogP contribution in [0, 0.1) is 12.7 Å². The van der Waals surface area contributed by atoms with Gasteiger partial charge in [0.15, 0.2) is 0 Å². The van der Waals surface area contributed by atoms with Crippen LogP contribution < -0.4 is 10.6 Å². The number of rotatable bonds is 2. The van der Waals surface area contributed by atoms with Gasteiger partial charge in [0.05, 0.1) is 5.69 Å². The van der Waals surface area contributed by atoms with Gasteiger partial charge in [-0.25, -0.2) is 4.39 Å². The van der Waals surface area contributed by atoms with E-state index in [9.17, 15) is 4.39 Å². The Morgan fingerprint density at radius 3 is 2.61 bits per heavy atom. The third-order valence-corrected chi connectivity index (χ3v) is 3.38. The Kier molecular flexibility index (Phi) is 3.57. The number of nitrogens with two attached hydrogens (primary N) is 1. The van der Waals surface area contributed by atoms with E-state index in [0.717, 1.165) is 15.7 Å². The summed E-state index contributed by atoms with van der Waals surface area (Å²) in [5.41, 5.74) is 8.66. The molecule has 0 fully saturated rings. The molecule has 2 N–H and O–H groups in total. The van der Waals surface area contributed by atoms with E-state index >= 15 is 0 Å². The smallest absolute Gasteiger partial charge is 0.148 e. The normalized spacial score (nSPS) is 10.4. The molecule has 18 heavy (non-hydrogen) atoms. The summed E-state index contributed by atoms with van der Waals surface area (Å²) in [6.45, 7) is 1.98. The first-order chi connectivity index (χ1) is 8.50. The van der Waals surface area contributed by atoms with Crippen molar-refractivity contribution in [1.29, 1.82) is 0 Å². The molecule has 0 atom stereocenters. The van der Waals surface area contributed by atoms with Crippen molar-refractivity contribution in [2.75, 3.05) is 17.7 Å². The Morgan fingerprint density at radius 2 is 1.94 bits per heavy atom. The molecule has 0 unspecified atom stereocenters. The number of aryl methyl sites for hydroxylation is 1. The van der Waals surface area contributed by atoms with E-state index in [2.05, 4.69) is 15.9 Å². The van der Waals surface area contributed by atoms with Crippen LogP contribution >= 0.6 is 15.9 Å². The highest BCUT2D eigenvalue weighted by Crippen LogP contribution is 2.34. The predicted octanol–water partition coefficient (Wildman–Crippen LogP) is 4.25. The fourth-order valence-electron chi connectivity index (χ4n) is 1.95. The highest BCUT2D eigenvalue weighted by atomic mass is 79.9. The molecular formula is C14H14BrFN2. The first-order valence-corrected chi connectivity index (χ1v) is 6.34. The van der Waals surface area contributed by atoms with Gasteiger partial charge in [0.2, 0.25) is 0 Å².